The van der Waals surface area contributed by atoms with E-state index in [1.54, 1.807) is 0 Å². The molecule has 0 spiro atoms. The second kappa shape index (κ2) is 5.20. The molecular formula is C26H24. The van der Waals surface area contributed by atoms with Gasteiger partial charge in [0.05, 0.1) is 0 Å². The van der Waals surface area contributed by atoms with Crippen LogP contribution in [0.25, 0.3) is 21.5 Å². The van der Waals surface area contributed by atoms with E-state index in [9.17, 15) is 0 Å². The lowest BCUT2D eigenvalue weighted by molar-refractivity contribution is 0.364. The van der Waals surface area contributed by atoms with E-state index < -0.39 is 0 Å². The van der Waals surface area contributed by atoms with Crippen LogP contribution < -0.4 is 0 Å². The lowest BCUT2D eigenvalue weighted by atomic mass is 9.58. The van der Waals surface area contributed by atoms with Gasteiger partial charge in [-0.3, -0.25) is 0 Å². The summed E-state index contributed by atoms with van der Waals surface area (Å²) >= 11 is 0. The highest BCUT2D eigenvalue weighted by atomic mass is 14.5. The van der Waals surface area contributed by atoms with Crippen LogP contribution in [0.1, 0.15) is 43.9 Å². The van der Waals surface area contributed by atoms with Crippen LogP contribution in [0.5, 0.6) is 0 Å². The number of hydrogen-bond acceptors (Lipinski definition) is 0. The third kappa shape index (κ3) is 2.02. The summed E-state index contributed by atoms with van der Waals surface area (Å²) in [6.07, 6.45) is 1.12. The van der Waals surface area contributed by atoms with Crippen molar-refractivity contribution in [2.24, 2.45) is 0 Å². The number of hydrogen-bond donors (Lipinski definition) is 0. The maximum Gasteiger partial charge on any atom is 0.0195 e. The summed E-state index contributed by atoms with van der Waals surface area (Å²) in [6.45, 7) is 7.25. The third-order valence-corrected chi connectivity index (χ3v) is 6.41. The van der Waals surface area contributed by atoms with Crippen LogP contribution in [-0.2, 0) is 10.8 Å². The second-order valence-corrected chi connectivity index (χ2v) is 8.63. The van der Waals surface area contributed by atoms with Crippen molar-refractivity contribution in [3.63, 3.8) is 0 Å². The van der Waals surface area contributed by atoms with Crippen LogP contribution in [0.4, 0.5) is 0 Å². The van der Waals surface area contributed by atoms with Crippen molar-refractivity contribution in [1.29, 1.82) is 0 Å². The van der Waals surface area contributed by atoms with E-state index in [1.165, 1.54) is 38.2 Å². The van der Waals surface area contributed by atoms with E-state index in [-0.39, 0.29) is 10.8 Å². The molecule has 0 aromatic heterocycles. The van der Waals surface area contributed by atoms with Gasteiger partial charge in [0.15, 0.2) is 0 Å². The first-order valence-corrected chi connectivity index (χ1v) is 9.52. The Bertz CT molecular complexity index is 1140. The fraction of sp³-hybridized carbons (Fsp3) is 0.231. The molecule has 0 unspecified atom stereocenters. The van der Waals surface area contributed by atoms with Gasteiger partial charge < -0.3 is 0 Å². The minimum Gasteiger partial charge on any atom is -0.0616 e. The molecule has 0 bridgehead atoms. The lowest BCUT2D eigenvalue weighted by Crippen LogP contribution is -2.37. The van der Waals surface area contributed by atoms with Crippen molar-refractivity contribution in [2.45, 2.75) is 38.0 Å². The first-order chi connectivity index (χ1) is 12.5. The smallest absolute Gasteiger partial charge is 0.0195 e. The van der Waals surface area contributed by atoms with Crippen LogP contribution >= 0.6 is 0 Å². The van der Waals surface area contributed by atoms with Crippen LogP contribution in [0, 0.1) is 0 Å². The van der Waals surface area contributed by atoms with E-state index >= 15 is 0 Å². The molecule has 0 nitrogen and oxygen atoms in total. The predicted octanol–water partition coefficient (Wildman–Crippen LogP) is 6.98. The van der Waals surface area contributed by atoms with E-state index in [0.29, 0.717) is 0 Å². The predicted molar refractivity (Wildman–Crippen MR) is 112 cm³/mol. The van der Waals surface area contributed by atoms with E-state index in [2.05, 4.69) is 99.6 Å². The molecule has 0 heteroatoms. The van der Waals surface area contributed by atoms with Crippen molar-refractivity contribution >= 4 is 21.5 Å². The van der Waals surface area contributed by atoms with Gasteiger partial charge >= 0.3 is 0 Å². The zero-order valence-electron chi connectivity index (χ0n) is 15.7. The standard InChI is InChI=1S/C26H24/c1-25(2)17-26(3,21-14-6-10-18-9-4-5-13-20(18)21)23-16-8-12-19-11-7-15-22(25)24(19)23/h4-16H,17H2,1-3H3/t26-/m0/s1. The largest absolute Gasteiger partial charge is 0.0616 e. The van der Waals surface area contributed by atoms with E-state index in [4.69, 9.17) is 0 Å². The quantitative estimate of drug-likeness (QED) is 0.352. The summed E-state index contributed by atoms with van der Waals surface area (Å²) in [4.78, 5) is 0. The lowest BCUT2D eigenvalue weighted by Gasteiger charge is -2.45. The third-order valence-electron chi connectivity index (χ3n) is 6.41. The Hall–Kier alpha value is -2.60. The first-order valence-electron chi connectivity index (χ1n) is 9.52. The molecule has 4 aromatic rings. The molecule has 0 amide bonds. The molecule has 1 aliphatic rings. The van der Waals surface area contributed by atoms with Gasteiger partial charge in [-0.15, -0.1) is 0 Å². The maximum absolute atomic E-state index is 2.45. The molecule has 0 N–H and O–H groups in total. The van der Waals surface area contributed by atoms with Gasteiger partial charge in [0.25, 0.3) is 0 Å². The van der Waals surface area contributed by atoms with Gasteiger partial charge in [0.1, 0.15) is 0 Å². The molecule has 0 fully saturated rings. The van der Waals surface area contributed by atoms with Gasteiger partial charge in [-0.05, 0) is 50.1 Å². The maximum atomic E-state index is 2.45. The van der Waals surface area contributed by atoms with Gasteiger partial charge in [-0.25, -0.2) is 0 Å². The molecule has 4 aromatic carbocycles. The molecule has 0 radical (unpaired) electrons. The highest BCUT2D eigenvalue weighted by Gasteiger charge is 2.43. The highest BCUT2D eigenvalue weighted by molar-refractivity contribution is 5.94. The fourth-order valence-electron chi connectivity index (χ4n) is 5.39. The van der Waals surface area contributed by atoms with Crippen LogP contribution in [0.3, 0.4) is 0 Å². The summed E-state index contributed by atoms with van der Waals surface area (Å²) in [5.41, 5.74) is 4.55. The Morgan fingerprint density at radius 2 is 1.15 bits per heavy atom. The zero-order chi connectivity index (χ0) is 17.9. The van der Waals surface area contributed by atoms with Crippen molar-refractivity contribution < 1.29 is 0 Å². The monoisotopic (exact) mass is 336 g/mol. The van der Waals surface area contributed by atoms with Crippen molar-refractivity contribution in [3.05, 3.63) is 95.6 Å². The summed E-state index contributed by atoms with van der Waals surface area (Å²) in [6, 6.07) is 29.2. The van der Waals surface area contributed by atoms with Gasteiger partial charge in [-0.1, -0.05) is 99.6 Å². The molecule has 1 atom stereocenters. The number of benzene rings is 4. The topological polar surface area (TPSA) is 0 Å². The Morgan fingerprint density at radius 3 is 1.92 bits per heavy atom. The average Bonchev–Trinajstić information content (AvgIpc) is 2.65. The molecule has 128 valence electrons. The Balaban J connectivity index is 1.92. The summed E-state index contributed by atoms with van der Waals surface area (Å²) in [5, 5.41) is 5.53. The highest BCUT2D eigenvalue weighted by Crippen LogP contribution is 2.53. The minimum absolute atomic E-state index is 0.00176. The van der Waals surface area contributed by atoms with Gasteiger partial charge in [0, 0.05) is 5.41 Å². The number of rotatable bonds is 1. The second-order valence-electron chi connectivity index (χ2n) is 8.63. The Morgan fingerprint density at radius 1 is 0.577 bits per heavy atom. The van der Waals surface area contributed by atoms with Crippen molar-refractivity contribution in [1.82, 2.24) is 0 Å². The molecular weight excluding hydrogens is 312 g/mol. The van der Waals surface area contributed by atoms with Crippen LogP contribution in [0.15, 0.2) is 78.9 Å². The number of fused-ring (bicyclic) bond motifs is 1. The normalized spacial score (nSPS) is 21.2. The Kier molecular flexibility index (Phi) is 3.13. The van der Waals surface area contributed by atoms with Crippen LogP contribution in [0.2, 0.25) is 0 Å². The molecule has 0 heterocycles. The van der Waals surface area contributed by atoms with Gasteiger partial charge in [-0.2, -0.15) is 0 Å². The fourth-order valence-corrected chi connectivity index (χ4v) is 5.39. The average molecular weight is 336 g/mol. The Labute approximate surface area is 155 Å². The molecule has 0 saturated heterocycles. The van der Waals surface area contributed by atoms with E-state index in [0.717, 1.165) is 6.42 Å². The molecule has 5 rings (SSSR count). The van der Waals surface area contributed by atoms with E-state index in [1.807, 2.05) is 0 Å². The minimum atomic E-state index is -0.00176. The van der Waals surface area contributed by atoms with Gasteiger partial charge in [0.2, 0.25) is 0 Å². The summed E-state index contributed by atoms with van der Waals surface area (Å²) < 4.78 is 0. The van der Waals surface area contributed by atoms with Crippen molar-refractivity contribution in [3.8, 4) is 0 Å². The SMILES string of the molecule is CC1(C)C[C@@](C)(c2cccc3ccccc23)c2cccc3cccc1c23. The van der Waals surface area contributed by atoms with Crippen molar-refractivity contribution in [2.75, 3.05) is 0 Å². The zero-order valence-corrected chi connectivity index (χ0v) is 15.7. The summed E-state index contributed by atoms with van der Waals surface area (Å²) in [7, 11) is 0. The molecule has 0 saturated carbocycles. The summed E-state index contributed by atoms with van der Waals surface area (Å²) in [5.74, 6) is 0. The first kappa shape index (κ1) is 15.6. The van der Waals surface area contributed by atoms with Crippen LogP contribution in [-0.4, -0.2) is 0 Å². The molecule has 1 aliphatic carbocycles. The molecule has 26 heavy (non-hydrogen) atoms. The molecule has 0 aliphatic heterocycles.